The number of esters is 1. The second kappa shape index (κ2) is 4.71. The van der Waals surface area contributed by atoms with Crippen LogP contribution >= 0.6 is 0 Å². The Morgan fingerprint density at radius 1 is 1.00 bits per heavy atom. The number of hydrogen-bond donors (Lipinski definition) is 0. The van der Waals surface area contributed by atoms with Gasteiger partial charge in [-0.3, -0.25) is 0 Å². The van der Waals surface area contributed by atoms with Gasteiger partial charge in [-0.05, 0) is 47.2 Å². The summed E-state index contributed by atoms with van der Waals surface area (Å²) in [4.78, 5) is 11.3. The van der Waals surface area contributed by atoms with E-state index in [-0.39, 0.29) is 0 Å². The van der Waals surface area contributed by atoms with Crippen LogP contribution in [0.2, 0.25) is 0 Å². The molecule has 1 aliphatic rings. The van der Waals surface area contributed by atoms with Crippen molar-refractivity contribution in [2.45, 2.75) is 12.8 Å². The number of carbonyl (C=O) groups is 1. The van der Waals surface area contributed by atoms with E-state index < -0.39 is 23.2 Å². The largest absolute Gasteiger partial charge is 0.465 e. The molecule has 1 aliphatic carbocycles. The second-order valence-corrected chi connectivity index (χ2v) is 4.79. The Labute approximate surface area is 115 Å². The molecule has 0 N–H and O–H groups in total. The Bertz CT molecular complexity index is 685. The number of hydrogen-bond acceptors (Lipinski definition) is 2. The van der Waals surface area contributed by atoms with Gasteiger partial charge in [0.1, 0.15) is 17.2 Å². The van der Waals surface area contributed by atoms with E-state index in [0.717, 1.165) is 37.6 Å². The zero-order valence-corrected chi connectivity index (χ0v) is 10.9. The highest BCUT2D eigenvalue weighted by molar-refractivity contribution is 5.90. The highest BCUT2D eigenvalue weighted by Gasteiger charge is 2.20. The van der Waals surface area contributed by atoms with Crippen LogP contribution in [0.5, 0.6) is 0 Å². The smallest absolute Gasteiger partial charge is 0.343 e. The predicted octanol–water partition coefficient (Wildman–Crippen LogP) is 3.52. The summed E-state index contributed by atoms with van der Waals surface area (Å²) in [6.45, 7) is 0. The lowest BCUT2D eigenvalue weighted by atomic mass is 9.86. The molecule has 0 amide bonds. The van der Waals surface area contributed by atoms with Crippen LogP contribution < -0.4 is 0 Å². The van der Waals surface area contributed by atoms with Crippen LogP contribution in [0, 0.1) is 11.6 Å². The maximum absolute atomic E-state index is 13.9. The number of fused-ring (bicyclic) bond motifs is 1. The molecule has 0 saturated carbocycles. The molecule has 20 heavy (non-hydrogen) atoms. The van der Waals surface area contributed by atoms with Crippen molar-refractivity contribution < 1.29 is 18.3 Å². The Morgan fingerprint density at radius 2 is 1.65 bits per heavy atom. The fourth-order valence-corrected chi connectivity index (χ4v) is 2.41. The number of ether oxygens (including phenoxy) is 1. The van der Waals surface area contributed by atoms with E-state index in [2.05, 4.69) is 4.74 Å². The third kappa shape index (κ3) is 1.97. The highest BCUT2D eigenvalue weighted by Crippen LogP contribution is 2.30. The first-order valence-corrected chi connectivity index (χ1v) is 6.29. The van der Waals surface area contributed by atoms with Crippen molar-refractivity contribution >= 4 is 5.97 Å². The summed E-state index contributed by atoms with van der Waals surface area (Å²) < 4.78 is 32.1. The summed E-state index contributed by atoms with van der Waals surface area (Å²) in [5.74, 6) is -2.83. The molecular weight excluding hydrogens is 262 g/mol. The summed E-state index contributed by atoms with van der Waals surface area (Å²) in [5.41, 5.74) is 3.00. The van der Waals surface area contributed by atoms with Crippen LogP contribution in [-0.2, 0) is 17.6 Å². The van der Waals surface area contributed by atoms with Crippen LogP contribution in [0.4, 0.5) is 8.78 Å². The topological polar surface area (TPSA) is 26.3 Å². The Morgan fingerprint density at radius 3 is 2.15 bits per heavy atom. The fourth-order valence-electron chi connectivity index (χ4n) is 2.41. The van der Waals surface area contributed by atoms with E-state index >= 15 is 0 Å². The van der Waals surface area contributed by atoms with Gasteiger partial charge >= 0.3 is 5.97 Å². The summed E-state index contributed by atoms with van der Waals surface area (Å²) in [6, 6.07) is 8.07. The zero-order valence-electron chi connectivity index (χ0n) is 10.9. The minimum absolute atomic E-state index is 0.419. The Balaban J connectivity index is 2.07. The van der Waals surface area contributed by atoms with Crippen molar-refractivity contribution in [3.8, 4) is 11.1 Å². The Hall–Kier alpha value is -2.23. The van der Waals surface area contributed by atoms with Crippen LogP contribution in [0.15, 0.2) is 30.3 Å². The molecule has 2 aromatic rings. The molecule has 0 fully saturated rings. The van der Waals surface area contributed by atoms with Gasteiger partial charge < -0.3 is 4.74 Å². The van der Waals surface area contributed by atoms with Gasteiger partial charge in [0.2, 0.25) is 0 Å². The maximum atomic E-state index is 13.9. The minimum atomic E-state index is -1.01. The predicted molar refractivity (Wildman–Crippen MR) is 70.5 cm³/mol. The lowest BCUT2D eigenvalue weighted by Crippen LogP contribution is -2.09. The molecule has 0 radical (unpaired) electrons. The monoisotopic (exact) mass is 274 g/mol. The average Bonchev–Trinajstić information content (AvgIpc) is 2.39. The van der Waals surface area contributed by atoms with Crippen molar-refractivity contribution in [3.63, 3.8) is 0 Å². The highest BCUT2D eigenvalue weighted by atomic mass is 19.1. The van der Waals surface area contributed by atoms with Crippen molar-refractivity contribution in [1.29, 1.82) is 0 Å². The number of halogens is 2. The lowest BCUT2D eigenvalue weighted by molar-refractivity contribution is 0.0590. The van der Waals surface area contributed by atoms with Crippen LogP contribution in [0.1, 0.15) is 21.5 Å². The number of methoxy groups -OCH3 is 1. The number of rotatable bonds is 2. The van der Waals surface area contributed by atoms with Crippen molar-refractivity contribution in [3.05, 3.63) is 58.7 Å². The van der Waals surface area contributed by atoms with E-state index in [9.17, 15) is 13.6 Å². The van der Waals surface area contributed by atoms with Gasteiger partial charge in [0.05, 0.1) is 7.11 Å². The second-order valence-electron chi connectivity index (χ2n) is 4.79. The van der Waals surface area contributed by atoms with Gasteiger partial charge in [-0.2, -0.15) is 0 Å². The minimum Gasteiger partial charge on any atom is -0.465 e. The van der Waals surface area contributed by atoms with Gasteiger partial charge in [0, 0.05) is 0 Å². The SMILES string of the molecule is COC(=O)c1c(F)cc(-c2ccc3c(c2)CC3)cc1F. The molecule has 2 nitrogen and oxygen atoms in total. The van der Waals surface area contributed by atoms with E-state index in [1.165, 1.54) is 11.1 Å². The molecule has 0 atom stereocenters. The van der Waals surface area contributed by atoms with Crippen LogP contribution in [0.25, 0.3) is 11.1 Å². The molecule has 0 spiro atoms. The van der Waals surface area contributed by atoms with Gasteiger partial charge in [0.25, 0.3) is 0 Å². The van der Waals surface area contributed by atoms with E-state index in [4.69, 9.17) is 0 Å². The average molecular weight is 274 g/mol. The first kappa shape index (κ1) is 12.8. The molecule has 2 aromatic carbocycles. The molecule has 102 valence electrons. The van der Waals surface area contributed by atoms with Gasteiger partial charge in [-0.25, -0.2) is 13.6 Å². The fraction of sp³-hybridized carbons (Fsp3) is 0.188. The lowest BCUT2D eigenvalue weighted by Gasteiger charge is -2.19. The van der Waals surface area contributed by atoms with E-state index in [1.807, 2.05) is 18.2 Å². The van der Waals surface area contributed by atoms with Crippen molar-refractivity contribution in [1.82, 2.24) is 0 Å². The molecule has 0 aromatic heterocycles. The normalized spacial score (nSPS) is 12.6. The van der Waals surface area contributed by atoms with Crippen LogP contribution in [-0.4, -0.2) is 13.1 Å². The summed E-state index contributed by atoms with van der Waals surface area (Å²) in [7, 11) is 1.09. The van der Waals surface area contributed by atoms with Crippen molar-refractivity contribution in [2.75, 3.05) is 7.11 Å². The van der Waals surface area contributed by atoms with Gasteiger partial charge in [-0.1, -0.05) is 18.2 Å². The molecule has 3 rings (SSSR count). The van der Waals surface area contributed by atoms with E-state index in [0.29, 0.717) is 5.56 Å². The number of benzene rings is 2. The summed E-state index contributed by atoms with van der Waals surface area (Å²) in [6.07, 6.45) is 2.05. The van der Waals surface area contributed by atoms with E-state index in [1.54, 1.807) is 0 Å². The molecular formula is C16H12F2O2. The molecule has 0 unspecified atom stereocenters. The van der Waals surface area contributed by atoms with Gasteiger partial charge in [0.15, 0.2) is 0 Å². The zero-order chi connectivity index (χ0) is 14.3. The van der Waals surface area contributed by atoms with Gasteiger partial charge in [-0.15, -0.1) is 0 Å². The third-order valence-corrected chi connectivity index (χ3v) is 3.63. The molecule has 0 saturated heterocycles. The molecule has 0 aliphatic heterocycles. The first-order chi connectivity index (χ1) is 9.60. The molecule has 0 heterocycles. The third-order valence-electron chi connectivity index (χ3n) is 3.63. The maximum Gasteiger partial charge on any atom is 0.343 e. The number of carbonyl (C=O) groups excluding carboxylic acids is 1. The van der Waals surface area contributed by atoms with Crippen molar-refractivity contribution in [2.24, 2.45) is 0 Å². The number of aryl methyl sites for hydroxylation is 2. The quantitative estimate of drug-likeness (QED) is 0.783. The summed E-state index contributed by atoms with van der Waals surface area (Å²) in [5, 5.41) is 0. The standard InChI is InChI=1S/C16H12F2O2/c1-20-16(19)15-13(17)7-12(8-14(15)18)11-5-3-9-2-4-10(9)6-11/h3,5-8H,2,4H2,1H3. The Kier molecular flexibility index (Phi) is 3.01. The molecule has 0 bridgehead atoms. The molecule has 4 heteroatoms. The van der Waals surface area contributed by atoms with Crippen LogP contribution in [0.3, 0.4) is 0 Å². The first-order valence-electron chi connectivity index (χ1n) is 6.29. The summed E-state index contributed by atoms with van der Waals surface area (Å²) >= 11 is 0.